The molecule has 1 saturated heterocycles. The monoisotopic (exact) mass is 403 g/mol. The number of nitrogens with one attached hydrogen (secondary N) is 2. The van der Waals surface area contributed by atoms with Gasteiger partial charge in [-0.3, -0.25) is 4.79 Å². The molecule has 1 saturated carbocycles. The summed E-state index contributed by atoms with van der Waals surface area (Å²) < 4.78 is 0. The summed E-state index contributed by atoms with van der Waals surface area (Å²) in [6, 6.07) is 8.40. The fourth-order valence-corrected chi connectivity index (χ4v) is 4.55. The maximum absolute atomic E-state index is 13.2. The van der Waals surface area contributed by atoms with Crippen LogP contribution in [-0.4, -0.2) is 36.0 Å². The van der Waals surface area contributed by atoms with Gasteiger partial charge in [0.25, 0.3) is 0 Å². The minimum absolute atomic E-state index is 0.193. The summed E-state index contributed by atoms with van der Waals surface area (Å²) in [5.41, 5.74) is 1.32. The Morgan fingerprint density at radius 1 is 1.11 bits per heavy atom. The number of amides is 1. The maximum atomic E-state index is 13.2. The number of piperidine rings is 1. The van der Waals surface area contributed by atoms with Crippen molar-refractivity contribution < 1.29 is 4.79 Å². The van der Waals surface area contributed by atoms with Gasteiger partial charge in [0.05, 0.1) is 5.82 Å². The molecule has 2 fully saturated rings. The standard InChI is InChI=1S/C23H34ClN3O/c1-16(2)22(26-17(3)25-21-6-4-5-7-21)23(28)27-14-12-19(13-15-27)18-8-10-20(24)11-9-18/h8-11,16,19,21-22,25-26H,3-7,12-15H2,1-2H3/t22-/m1/s1. The van der Waals surface area contributed by atoms with Gasteiger partial charge in [-0.2, -0.15) is 0 Å². The van der Waals surface area contributed by atoms with Crippen molar-refractivity contribution in [2.24, 2.45) is 5.92 Å². The van der Waals surface area contributed by atoms with E-state index in [2.05, 4.69) is 43.2 Å². The average Bonchev–Trinajstić information content (AvgIpc) is 3.19. The summed E-state index contributed by atoms with van der Waals surface area (Å²) in [6.07, 6.45) is 6.94. The SMILES string of the molecule is C=C(NC1CCCC1)N[C@@H](C(=O)N1CCC(c2ccc(Cl)cc2)CC1)C(C)C. The van der Waals surface area contributed by atoms with Gasteiger partial charge in [-0.25, -0.2) is 0 Å². The fourth-order valence-electron chi connectivity index (χ4n) is 4.42. The molecule has 1 amide bonds. The second-order valence-electron chi connectivity index (χ2n) is 8.62. The first-order chi connectivity index (χ1) is 13.4. The lowest BCUT2D eigenvalue weighted by atomic mass is 9.89. The Morgan fingerprint density at radius 3 is 2.29 bits per heavy atom. The second-order valence-corrected chi connectivity index (χ2v) is 9.06. The third kappa shape index (κ3) is 5.44. The largest absolute Gasteiger partial charge is 0.370 e. The van der Waals surface area contributed by atoms with Gasteiger partial charge in [-0.15, -0.1) is 0 Å². The van der Waals surface area contributed by atoms with Gasteiger partial charge in [0.2, 0.25) is 5.91 Å². The van der Waals surface area contributed by atoms with Crippen LogP contribution >= 0.6 is 11.6 Å². The summed E-state index contributed by atoms with van der Waals surface area (Å²) >= 11 is 6.00. The molecule has 4 nitrogen and oxygen atoms in total. The van der Waals surface area contributed by atoms with Gasteiger partial charge in [0, 0.05) is 24.2 Å². The highest BCUT2D eigenvalue weighted by molar-refractivity contribution is 6.30. The van der Waals surface area contributed by atoms with Crippen molar-refractivity contribution in [3.63, 3.8) is 0 Å². The van der Waals surface area contributed by atoms with Gasteiger partial charge in [0.1, 0.15) is 6.04 Å². The Balaban J connectivity index is 1.53. The molecule has 3 rings (SSSR count). The number of hydrogen-bond donors (Lipinski definition) is 2. The van der Waals surface area contributed by atoms with Crippen molar-refractivity contribution >= 4 is 17.5 Å². The minimum Gasteiger partial charge on any atom is -0.370 e. The van der Waals surface area contributed by atoms with Crippen molar-refractivity contribution in [3.05, 3.63) is 47.3 Å². The quantitative estimate of drug-likeness (QED) is 0.695. The van der Waals surface area contributed by atoms with Crippen molar-refractivity contribution in [3.8, 4) is 0 Å². The smallest absolute Gasteiger partial charge is 0.245 e. The van der Waals surface area contributed by atoms with E-state index < -0.39 is 0 Å². The topological polar surface area (TPSA) is 44.4 Å². The molecule has 1 aliphatic carbocycles. The first kappa shape index (κ1) is 21.0. The number of halogens is 1. The summed E-state index contributed by atoms with van der Waals surface area (Å²) in [5.74, 6) is 1.70. The Hall–Kier alpha value is -1.68. The van der Waals surface area contributed by atoms with Gasteiger partial charge in [-0.1, -0.05) is 57.0 Å². The Morgan fingerprint density at radius 2 is 1.71 bits per heavy atom. The number of carbonyl (C=O) groups is 1. The summed E-state index contributed by atoms with van der Waals surface area (Å²) in [6.45, 7) is 9.93. The van der Waals surface area contributed by atoms with Crippen LogP contribution in [0.2, 0.25) is 5.02 Å². The van der Waals surface area contributed by atoms with Crippen LogP contribution in [0.25, 0.3) is 0 Å². The molecule has 1 atom stereocenters. The lowest BCUT2D eigenvalue weighted by Crippen LogP contribution is -2.52. The minimum atomic E-state index is -0.228. The molecular weight excluding hydrogens is 370 g/mol. The van der Waals surface area contributed by atoms with Gasteiger partial charge in [-0.05, 0) is 55.2 Å². The highest BCUT2D eigenvalue weighted by atomic mass is 35.5. The lowest BCUT2D eigenvalue weighted by Gasteiger charge is -2.36. The Bertz CT molecular complexity index is 659. The number of likely N-dealkylation sites (tertiary alicyclic amines) is 1. The average molecular weight is 404 g/mol. The van der Waals surface area contributed by atoms with Crippen molar-refractivity contribution in [2.75, 3.05) is 13.1 Å². The number of nitrogens with zero attached hydrogens (tertiary/aromatic N) is 1. The molecule has 2 N–H and O–H groups in total. The van der Waals surface area contributed by atoms with E-state index in [-0.39, 0.29) is 17.9 Å². The maximum Gasteiger partial charge on any atom is 0.245 e. The summed E-state index contributed by atoms with van der Waals surface area (Å²) in [5, 5.41) is 7.62. The van der Waals surface area contributed by atoms with Crippen LogP contribution in [0.4, 0.5) is 0 Å². The Kier molecular flexibility index (Phi) is 7.28. The molecule has 0 radical (unpaired) electrons. The van der Waals surface area contributed by atoms with Crippen molar-refractivity contribution in [2.45, 2.75) is 70.4 Å². The molecule has 1 aromatic carbocycles. The molecule has 28 heavy (non-hydrogen) atoms. The molecule has 2 aliphatic rings. The van der Waals surface area contributed by atoms with Crippen LogP contribution in [0.3, 0.4) is 0 Å². The number of rotatable bonds is 7. The molecule has 0 aromatic heterocycles. The van der Waals surface area contributed by atoms with Crippen LogP contribution in [0, 0.1) is 5.92 Å². The molecule has 0 bridgehead atoms. The molecule has 1 aliphatic heterocycles. The van der Waals surface area contributed by atoms with Gasteiger partial charge in [0.15, 0.2) is 0 Å². The van der Waals surface area contributed by atoms with Gasteiger partial charge >= 0.3 is 0 Å². The third-order valence-electron chi connectivity index (χ3n) is 6.14. The van der Waals surface area contributed by atoms with E-state index >= 15 is 0 Å². The van der Waals surface area contributed by atoms with Crippen LogP contribution in [-0.2, 0) is 4.79 Å². The van der Waals surface area contributed by atoms with Gasteiger partial charge < -0.3 is 15.5 Å². The highest BCUT2D eigenvalue weighted by Gasteiger charge is 2.31. The van der Waals surface area contributed by atoms with E-state index in [9.17, 15) is 4.79 Å². The zero-order chi connectivity index (χ0) is 20.1. The zero-order valence-electron chi connectivity index (χ0n) is 17.2. The highest BCUT2D eigenvalue weighted by Crippen LogP contribution is 2.29. The summed E-state index contributed by atoms with van der Waals surface area (Å²) in [7, 11) is 0. The van der Waals surface area contributed by atoms with E-state index in [1.165, 1.54) is 31.2 Å². The normalized spacial score (nSPS) is 19.6. The second kappa shape index (κ2) is 9.69. The molecular formula is C23H34ClN3O. The van der Waals surface area contributed by atoms with Crippen LogP contribution in [0.5, 0.6) is 0 Å². The molecule has 1 heterocycles. The van der Waals surface area contributed by atoms with E-state index in [0.29, 0.717) is 12.0 Å². The lowest BCUT2D eigenvalue weighted by molar-refractivity contribution is -0.135. The third-order valence-corrected chi connectivity index (χ3v) is 6.40. The first-order valence-corrected chi connectivity index (χ1v) is 11.1. The fraction of sp³-hybridized carbons (Fsp3) is 0.609. The molecule has 154 valence electrons. The van der Waals surface area contributed by atoms with E-state index in [4.69, 9.17) is 11.6 Å². The first-order valence-electron chi connectivity index (χ1n) is 10.7. The molecule has 0 spiro atoms. The number of benzene rings is 1. The Labute approximate surface area is 174 Å². The number of carbonyl (C=O) groups excluding carboxylic acids is 1. The van der Waals surface area contributed by atoms with E-state index in [1.807, 2.05) is 17.0 Å². The molecule has 5 heteroatoms. The van der Waals surface area contributed by atoms with E-state index in [0.717, 1.165) is 36.8 Å². The van der Waals surface area contributed by atoms with E-state index in [1.54, 1.807) is 0 Å². The van der Waals surface area contributed by atoms with Crippen molar-refractivity contribution in [1.82, 2.24) is 15.5 Å². The van der Waals surface area contributed by atoms with Crippen molar-refractivity contribution in [1.29, 1.82) is 0 Å². The predicted molar refractivity (Wildman–Crippen MR) is 116 cm³/mol. The predicted octanol–water partition coefficient (Wildman–Crippen LogP) is 4.66. The van der Waals surface area contributed by atoms with Crippen LogP contribution in [0.15, 0.2) is 36.7 Å². The van der Waals surface area contributed by atoms with Crippen LogP contribution < -0.4 is 10.6 Å². The molecule has 1 aromatic rings. The number of hydrogen-bond acceptors (Lipinski definition) is 3. The molecule has 0 unspecified atom stereocenters. The zero-order valence-corrected chi connectivity index (χ0v) is 18.0. The summed E-state index contributed by atoms with van der Waals surface area (Å²) in [4.78, 5) is 15.2. The van der Waals surface area contributed by atoms with Crippen LogP contribution in [0.1, 0.15) is 63.9 Å².